The Kier molecular flexibility index (Phi) is 4.15. The van der Waals surface area contributed by atoms with Gasteiger partial charge in [0.2, 0.25) is 5.12 Å². The summed E-state index contributed by atoms with van der Waals surface area (Å²) in [6.45, 7) is 0. The van der Waals surface area contributed by atoms with E-state index in [1.807, 2.05) is 6.07 Å². The first-order valence-electron chi connectivity index (χ1n) is 5.35. The summed E-state index contributed by atoms with van der Waals surface area (Å²) in [5.41, 5.74) is 1.20. The van der Waals surface area contributed by atoms with E-state index in [1.54, 1.807) is 48.5 Å². The van der Waals surface area contributed by atoms with E-state index < -0.39 is 0 Å². The third-order valence-electron chi connectivity index (χ3n) is 2.27. The lowest BCUT2D eigenvalue weighted by Crippen LogP contribution is -1.90. The molecular weight excluding hydrogens is 246 g/mol. The Balaban J connectivity index is 2.00. The Hall–Kier alpha value is -2.07. The van der Waals surface area contributed by atoms with Crippen molar-refractivity contribution in [3.8, 4) is 5.75 Å². The Morgan fingerprint density at radius 3 is 2.44 bits per heavy atom. The average molecular weight is 257 g/mol. The van der Waals surface area contributed by atoms with E-state index in [1.165, 1.54) is 6.21 Å². The zero-order valence-electron chi connectivity index (χ0n) is 9.48. The van der Waals surface area contributed by atoms with Crippen LogP contribution in [0.2, 0.25) is 0 Å². The number of phenolic OH excluding ortho intramolecular Hbond substituents is 1. The maximum Gasteiger partial charge on any atom is 0.241 e. The van der Waals surface area contributed by atoms with Crippen LogP contribution in [0.15, 0.2) is 59.0 Å². The third-order valence-corrected chi connectivity index (χ3v) is 2.89. The topological polar surface area (TPSA) is 49.7 Å². The molecule has 18 heavy (non-hydrogen) atoms. The maximum atomic E-state index is 11.7. The first-order chi connectivity index (χ1) is 8.77. The van der Waals surface area contributed by atoms with Gasteiger partial charge in [-0.1, -0.05) is 42.5 Å². The maximum absolute atomic E-state index is 11.7. The monoisotopic (exact) mass is 257 g/mol. The van der Waals surface area contributed by atoms with Gasteiger partial charge in [0.15, 0.2) is 0 Å². The molecule has 0 heterocycles. The van der Waals surface area contributed by atoms with Crippen LogP contribution >= 0.6 is 11.9 Å². The molecule has 0 aliphatic heterocycles. The minimum absolute atomic E-state index is 0.123. The SMILES string of the molecule is O=C(S/N=C/c1ccccc1O)c1ccccc1. The number of benzene rings is 2. The normalized spacial score (nSPS) is 10.7. The molecule has 0 aromatic heterocycles. The first-order valence-corrected chi connectivity index (χ1v) is 6.12. The molecule has 2 aromatic carbocycles. The fraction of sp³-hybridized carbons (Fsp3) is 0. The number of carbonyl (C=O) groups is 1. The molecule has 0 amide bonds. The number of carbonyl (C=O) groups excluding carboxylic acids is 1. The molecule has 0 aliphatic carbocycles. The molecule has 0 bridgehead atoms. The molecule has 2 aromatic rings. The predicted molar refractivity (Wildman–Crippen MR) is 74.1 cm³/mol. The van der Waals surface area contributed by atoms with E-state index in [9.17, 15) is 9.90 Å². The second-order valence-electron chi connectivity index (χ2n) is 3.54. The molecule has 0 saturated heterocycles. The summed E-state index contributed by atoms with van der Waals surface area (Å²) in [4.78, 5) is 11.7. The van der Waals surface area contributed by atoms with E-state index in [0.717, 1.165) is 11.9 Å². The van der Waals surface area contributed by atoms with Crippen LogP contribution in [0.25, 0.3) is 0 Å². The van der Waals surface area contributed by atoms with Gasteiger partial charge in [-0.25, -0.2) is 4.40 Å². The molecule has 0 unspecified atom stereocenters. The summed E-state index contributed by atoms with van der Waals surface area (Å²) in [6.07, 6.45) is 1.47. The fourth-order valence-electron chi connectivity index (χ4n) is 1.35. The number of para-hydroxylation sites is 1. The van der Waals surface area contributed by atoms with Gasteiger partial charge in [0.1, 0.15) is 5.75 Å². The van der Waals surface area contributed by atoms with Gasteiger partial charge in [-0.05, 0) is 12.1 Å². The molecule has 0 saturated carbocycles. The summed E-state index contributed by atoms with van der Waals surface area (Å²) < 4.78 is 3.96. The van der Waals surface area contributed by atoms with Crippen LogP contribution < -0.4 is 0 Å². The van der Waals surface area contributed by atoms with Gasteiger partial charge in [0, 0.05) is 17.3 Å². The van der Waals surface area contributed by atoms with Crippen molar-refractivity contribution in [3.63, 3.8) is 0 Å². The number of nitrogens with zero attached hydrogens (tertiary/aromatic N) is 1. The molecule has 3 nitrogen and oxygen atoms in total. The second-order valence-corrected chi connectivity index (χ2v) is 4.30. The van der Waals surface area contributed by atoms with Crippen LogP contribution in [0.4, 0.5) is 0 Å². The van der Waals surface area contributed by atoms with Crippen molar-refractivity contribution in [1.29, 1.82) is 0 Å². The summed E-state index contributed by atoms with van der Waals surface area (Å²) in [5.74, 6) is 0.147. The minimum atomic E-state index is -0.123. The number of hydrogen-bond acceptors (Lipinski definition) is 4. The summed E-state index contributed by atoms with van der Waals surface area (Å²) in [7, 11) is 0. The lowest BCUT2D eigenvalue weighted by molar-refractivity contribution is 0.108. The smallest absolute Gasteiger partial charge is 0.241 e. The number of rotatable bonds is 3. The van der Waals surface area contributed by atoms with Gasteiger partial charge in [0.25, 0.3) is 0 Å². The van der Waals surface area contributed by atoms with Gasteiger partial charge < -0.3 is 5.11 Å². The highest BCUT2D eigenvalue weighted by Crippen LogP contribution is 2.16. The Morgan fingerprint density at radius 1 is 1.06 bits per heavy atom. The van der Waals surface area contributed by atoms with Crippen LogP contribution in [0.1, 0.15) is 15.9 Å². The van der Waals surface area contributed by atoms with Crippen molar-refractivity contribution in [2.45, 2.75) is 0 Å². The minimum Gasteiger partial charge on any atom is -0.507 e. The highest BCUT2D eigenvalue weighted by Gasteiger charge is 2.04. The van der Waals surface area contributed by atoms with E-state index in [0.29, 0.717) is 11.1 Å². The van der Waals surface area contributed by atoms with E-state index >= 15 is 0 Å². The van der Waals surface area contributed by atoms with Crippen LogP contribution in [0.5, 0.6) is 5.75 Å². The van der Waals surface area contributed by atoms with Crippen LogP contribution in [0, 0.1) is 0 Å². The Morgan fingerprint density at radius 2 is 1.72 bits per heavy atom. The molecule has 2 rings (SSSR count). The average Bonchev–Trinajstić information content (AvgIpc) is 2.42. The van der Waals surface area contributed by atoms with Gasteiger partial charge in [-0.15, -0.1) is 0 Å². The highest BCUT2D eigenvalue weighted by atomic mass is 32.2. The lowest BCUT2D eigenvalue weighted by Gasteiger charge is -1.97. The zero-order valence-corrected chi connectivity index (χ0v) is 10.3. The zero-order chi connectivity index (χ0) is 12.8. The number of aromatic hydroxyl groups is 1. The van der Waals surface area contributed by atoms with Crippen LogP contribution in [-0.2, 0) is 0 Å². The molecule has 0 atom stereocenters. The lowest BCUT2D eigenvalue weighted by atomic mass is 10.2. The van der Waals surface area contributed by atoms with Gasteiger partial charge >= 0.3 is 0 Å². The molecule has 1 N–H and O–H groups in total. The largest absolute Gasteiger partial charge is 0.507 e. The molecular formula is C14H11NO2S. The van der Waals surface area contributed by atoms with E-state index in [2.05, 4.69) is 4.40 Å². The van der Waals surface area contributed by atoms with Crippen molar-refractivity contribution < 1.29 is 9.90 Å². The molecule has 90 valence electrons. The molecule has 0 radical (unpaired) electrons. The van der Waals surface area contributed by atoms with Crippen molar-refractivity contribution in [3.05, 3.63) is 65.7 Å². The van der Waals surface area contributed by atoms with Crippen LogP contribution in [-0.4, -0.2) is 16.4 Å². The molecule has 0 fully saturated rings. The van der Waals surface area contributed by atoms with Gasteiger partial charge in [-0.3, -0.25) is 4.79 Å². The highest BCUT2D eigenvalue weighted by molar-refractivity contribution is 8.13. The summed E-state index contributed by atoms with van der Waals surface area (Å²) >= 11 is 0.852. The third kappa shape index (κ3) is 3.21. The van der Waals surface area contributed by atoms with Crippen molar-refractivity contribution in [1.82, 2.24) is 0 Å². The quantitative estimate of drug-likeness (QED) is 0.678. The van der Waals surface area contributed by atoms with E-state index in [4.69, 9.17) is 0 Å². The first kappa shape index (κ1) is 12.4. The predicted octanol–water partition coefficient (Wildman–Crippen LogP) is 3.30. The Bertz CT molecular complexity index is 567. The molecule has 0 aliphatic rings. The van der Waals surface area contributed by atoms with Crippen molar-refractivity contribution in [2.24, 2.45) is 4.40 Å². The van der Waals surface area contributed by atoms with Crippen molar-refractivity contribution >= 4 is 23.3 Å². The van der Waals surface area contributed by atoms with Gasteiger partial charge in [0.05, 0.1) is 11.9 Å². The van der Waals surface area contributed by atoms with Gasteiger partial charge in [-0.2, -0.15) is 0 Å². The Labute approximate surface area is 109 Å². The summed E-state index contributed by atoms with van der Waals surface area (Å²) in [6, 6.07) is 15.8. The fourth-order valence-corrected chi connectivity index (χ4v) is 1.86. The van der Waals surface area contributed by atoms with Crippen molar-refractivity contribution in [2.75, 3.05) is 0 Å². The summed E-state index contributed by atoms with van der Waals surface area (Å²) in [5, 5.41) is 9.38. The molecule has 0 spiro atoms. The van der Waals surface area contributed by atoms with E-state index in [-0.39, 0.29) is 10.9 Å². The number of phenols is 1. The van der Waals surface area contributed by atoms with Crippen LogP contribution in [0.3, 0.4) is 0 Å². The second kappa shape index (κ2) is 6.02. The number of hydrogen-bond donors (Lipinski definition) is 1. The molecule has 4 heteroatoms. The standard InChI is InChI=1S/C14H11NO2S/c16-13-9-5-4-8-12(13)10-15-18-14(17)11-6-2-1-3-7-11/h1-10,16H/b15-10+.